The highest BCUT2D eigenvalue weighted by Gasteiger charge is 2.05. The molecule has 3 heteroatoms. The van der Waals surface area contributed by atoms with E-state index in [4.69, 9.17) is 0 Å². The maximum atomic E-state index is 4.30. The summed E-state index contributed by atoms with van der Waals surface area (Å²) < 4.78 is 0. The Bertz CT molecular complexity index is 488. The Morgan fingerprint density at radius 1 is 1.15 bits per heavy atom. The molecule has 0 radical (unpaired) electrons. The van der Waals surface area contributed by atoms with Crippen molar-refractivity contribution in [3.63, 3.8) is 0 Å². The fourth-order valence-electron chi connectivity index (χ4n) is 2.30. The van der Waals surface area contributed by atoms with Gasteiger partial charge in [0.25, 0.3) is 0 Å². The molecule has 0 aliphatic heterocycles. The van der Waals surface area contributed by atoms with Gasteiger partial charge in [0.05, 0.1) is 5.01 Å². The summed E-state index contributed by atoms with van der Waals surface area (Å²) in [4.78, 5) is 4.30. The molecule has 0 bridgehead atoms. The van der Waals surface area contributed by atoms with E-state index in [1.54, 1.807) is 11.3 Å². The second-order valence-corrected chi connectivity index (χ2v) is 6.67. The van der Waals surface area contributed by atoms with E-state index in [2.05, 4.69) is 55.3 Å². The maximum absolute atomic E-state index is 4.30. The van der Waals surface area contributed by atoms with Crippen LogP contribution in [-0.2, 0) is 12.8 Å². The third-order valence-electron chi connectivity index (χ3n) is 3.40. The Hall–Kier alpha value is -1.19. The van der Waals surface area contributed by atoms with Crippen LogP contribution in [0.3, 0.4) is 0 Å². The molecule has 0 saturated carbocycles. The minimum absolute atomic E-state index is 0.392. The van der Waals surface area contributed by atoms with Gasteiger partial charge in [-0.1, -0.05) is 38.1 Å². The second kappa shape index (κ2) is 7.55. The SMILES string of the molecule is CC(C)Cc1ccc(C(C)NCCc2nccs2)cc1. The zero-order valence-electron chi connectivity index (χ0n) is 12.6. The van der Waals surface area contributed by atoms with Crippen molar-refractivity contribution in [2.45, 2.75) is 39.7 Å². The van der Waals surface area contributed by atoms with Crippen molar-refractivity contribution in [2.24, 2.45) is 5.92 Å². The summed E-state index contributed by atoms with van der Waals surface area (Å²) in [5, 5.41) is 6.80. The number of thiazole rings is 1. The van der Waals surface area contributed by atoms with Crippen LogP contribution in [0.2, 0.25) is 0 Å². The molecule has 1 heterocycles. The van der Waals surface area contributed by atoms with E-state index in [9.17, 15) is 0 Å². The molecule has 1 unspecified atom stereocenters. The lowest BCUT2D eigenvalue weighted by atomic mass is 10.00. The van der Waals surface area contributed by atoms with Crippen molar-refractivity contribution < 1.29 is 0 Å². The first-order chi connectivity index (χ1) is 9.65. The highest BCUT2D eigenvalue weighted by Crippen LogP contribution is 2.15. The number of hydrogen-bond donors (Lipinski definition) is 1. The molecule has 1 atom stereocenters. The minimum atomic E-state index is 0.392. The molecule has 1 aromatic carbocycles. The van der Waals surface area contributed by atoms with Crippen molar-refractivity contribution >= 4 is 11.3 Å². The number of aromatic nitrogens is 1. The molecule has 0 spiro atoms. The summed E-state index contributed by atoms with van der Waals surface area (Å²) in [5.41, 5.74) is 2.79. The number of hydrogen-bond acceptors (Lipinski definition) is 3. The normalized spacial score (nSPS) is 12.8. The highest BCUT2D eigenvalue weighted by atomic mass is 32.1. The Morgan fingerprint density at radius 3 is 2.50 bits per heavy atom. The third-order valence-corrected chi connectivity index (χ3v) is 4.24. The molecule has 2 nitrogen and oxygen atoms in total. The van der Waals surface area contributed by atoms with Crippen molar-refractivity contribution in [3.8, 4) is 0 Å². The van der Waals surface area contributed by atoms with E-state index in [0.717, 1.165) is 25.3 Å². The molecular weight excluding hydrogens is 264 g/mol. The monoisotopic (exact) mass is 288 g/mol. The predicted molar refractivity (Wildman–Crippen MR) is 87.2 cm³/mol. The van der Waals surface area contributed by atoms with E-state index in [0.29, 0.717) is 6.04 Å². The van der Waals surface area contributed by atoms with Gasteiger partial charge in [-0.05, 0) is 30.4 Å². The molecule has 0 fully saturated rings. The lowest BCUT2D eigenvalue weighted by molar-refractivity contribution is 0.575. The summed E-state index contributed by atoms with van der Waals surface area (Å²) >= 11 is 1.73. The molecule has 2 aromatic rings. The van der Waals surface area contributed by atoms with Gasteiger partial charge in [0.15, 0.2) is 0 Å². The Balaban J connectivity index is 1.81. The molecule has 0 saturated heterocycles. The van der Waals surface area contributed by atoms with E-state index < -0.39 is 0 Å². The number of rotatable bonds is 7. The van der Waals surface area contributed by atoms with Gasteiger partial charge in [-0.3, -0.25) is 0 Å². The van der Waals surface area contributed by atoms with Crippen LogP contribution in [0.25, 0.3) is 0 Å². The fourth-order valence-corrected chi connectivity index (χ4v) is 2.92. The highest BCUT2D eigenvalue weighted by molar-refractivity contribution is 7.09. The molecular formula is C17H24N2S. The first-order valence-electron chi connectivity index (χ1n) is 7.35. The van der Waals surface area contributed by atoms with E-state index >= 15 is 0 Å². The molecule has 0 aliphatic carbocycles. The minimum Gasteiger partial charge on any atom is -0.310 e. The molecule has 0 amide bonds. The molecule has 20 heavy (non-hydrogen) atoms. The van der Waals surface area contributed by atoms with E-state index in [1.165, 1.54) is 16.1 Å². The van der Waals surface area contributed by atoms with Gasteiger partial charge < -0.3 is 5.32 Å². The number of nitrogens with zero attached hydrogens (tertiary/aromatic N) is 1. The Labute approximate surface area is 126 Å². The van der Waals surface area contributed by atoms with Gasteiger partial charge in [-0.25, -0.2) is 4.98 Å². The first-order valence-corrected chi connectivity index (χ1v) is 8.23. The number of nitrogens with one attached hydrogen (secondary N) is 1. The summed E-state index contributed by atoms with van der Waals surface area (Å²) in [6.07, 6.45) is 4.04. The third kappa shape index (κ3) is 4.73. The zero-order chi connectivity index (χ0) is 14.4. The Morgan fingerprint density at radius 2 is 1.90 bits per heavy atom. The summed E-state index contributed by atoms with van der Waals surface area (Å²) in [7, 11) is 0. The molecule has 1 N–H and O–H groups in total. The van der Waals surface area contributed by atoms with Gasteiger partial charge in [0.1, 0.15) is 0 Å². The summed E-state index contributed by atoms with van der Waals surface area (Å²) in [6, 6.07) is 9.41. The van der Waals surface area contributed by atoms with Crippen LogP contribution >= 0.6 is 11.3 Å². The van der Waals surface area contributed by atoms with Gasteiger partial charge in [-0.2, -0.15) is 0 Å². The summed E-state index contributed by atoms with van der Waals surface area (Å²) in [5.74, 6) is 0.717. The Kier molecular flexibility index (Phi) is 5.74. The van der Waals surface area contributed by atoms with Crippen LogP contribution < -0.4 is 5.32 Å². The topological polar surface area (TPSA) is 24.9 Å². The van der Waals surface area contributed by atoms with Crippen molar-refractivity contribution in [1.29, 1.82) is 0 Å². The quantitative estimate of drug-likeness (QED) is 0.824. The lowest BCUT2D eigenvalue weighted by Crippen LogP contribution is -2.21. The van der Waals surface area contributed by atoms with Crippen LogP contribution in [-0.4, -0.2) is 11.5 Å². The van der Waals surface area contributed by atoms with Gasteiger partial charge in [0, 0.05) is 30.6 Å². The van der Waals surface area contributed by atoms with E-state index in [1.807, 2.05) is 11.6 Å². The average molecular weight is 288 g/mol. The van der Waals surface area contributed by atoms with Crippen LogP contribution in [0.5, 0.6) is 0 Å². The van der Waals surface area contributed by atoms with Crippen LogP contribution in [0, 0.1) is 5.92 Å². The second-order valence-electron chi connectivity index (χ2n) is 5.69. The molecule has 1 aromatic heterocycles. The standard InChI is InChI=1S/C17H24N2S/c1-13(2)12-15-4-6-16(7-5-15)14(3)18-9-8-17-19-10-11-20-17/h4-7,10-11,13-14,18H,8-9,12H2,1-3H3. The van der Waals surface area contributed by atoms with Crippen LogP contribution in [0.4, 0.5) is 0 Å². The first kappa shape index (κ1) is 15.2. The van der Waals surface area contributed by atoms with Crippen LogP contribution in [0.15, 0.2) is 35.8 Å². The van der Waals surface area contributed by atoms with Crippen LogP contribution in [0.1, 0.15) is 42.9 Å². The van der Waals surface area contributed by atoms with Gasteiger partial charge in [0.2, 0.25) is 0 Å². The largest absolute Gasteiger partial charge is 0.310 e. The summed E-state index contributed by atoms with van der Waals surface area (Å²) in [6.45, 7) is 7.72. The lowest BCUT2D eigenvalue weighted by Gasteiger charge is -2.14. The predicted octanol–water partition coefficient (Wildman–Crippen LogP) is 4.23. The average Bonchev–Trinajstić information content (AvgIpc) is 2.92. The fraction of sp³-hybridized carbons (Fsp3) is 0.471. The smallest absolute Gasteiger partial charge is 0.0937 e. The zero-order valence-corrected chi connectivity index (χ0v) is 13.4. The molecule has 108 valence electrons. The van der Waals surface area contributed by atoms with Gasteiger partial charge >= 0.3 is 0 Å². The molecule has 2 rings (SSSR count). The van der Waals surface area contributed by atoms with Crippen molar-refractivity contribution in [2.75, 3.05) is 6.54 Å². The molecule has 0 aliphatic rings. The van der Waals surface area contributed by atoms with Gasteiger partial charge in [-0.15, -0.1) is 11.3 Å². The number of benzene rings is 1. The van der Waals surface area contributed by atoms with E-state index in [-0.39, 0.29) is 0 Å². The van der Waals surface area contributed by atoms with Crippen molar-refractivity contribution in [3.05, 3.63) is 52.0 Å². The van der Waals surface area contributed by atoms with Crippen molar-refractivity contribution in [1.82, 2.24) is 10.3 Å². The maximum Gasteiger partial charge on any atom is 0.0937 e.